The van der Waals surface area contributed by atoms with Crippen molar-refractivity contribution in [1.29, 1.82) is 0 Å². The first-order valence-corrected chi connectivity index (χ1v) is 10.9. The molecule has 0 saturated heterocycles. The number of aromatic nitrogens is 2. The van der Waals surface area contributed by atoms with Gasteiger partial charge in [0.2, 0.25) is 5.82 Å². The molecule has 174 valence electrons. The van der Waals surface area contributed by atoms with Gasteiger partial charge in [0.1, 0.15) is 0 Å². The molecule has 1 heterocycles. The van der Waals surface area contributed by atoms with Gasteiger partial charge in [-0.1, -0.05) is 6.07 Å². The number of rotatable bonds is 4. The molecule has 2 aromatic rings. The highest BCUT2D eigenvalue weighted by Crippen LogP contribution is 2.34. The second-order valence-corrected chi connectivity index (χ2v) is 9.54. The van der Waals surface area contributed by atoms with Gasteiger partial charge in [0.15, 0.2) is 9.84 Å². The summed E-state index contributed by atoms with van der Waals surface area (Å²) in [5, 5.41) is 1.68. The number of halogens is 6. The van der Waals surface area contributed by atoms with Crippen LogP contribution >= 0.6 is 0 Å². The molecule has 32 heavy (non-hydrogen) atoms. The van der Waals surface area contributed by atoms with Crippen LogP contribution in [0.15, 0.2) is 41.6 Å². The molecule has 1 aliphatic rings. The summed E-state index contributed by atoms with van der Waals surface area (Å²) in [7, 11) is -4.01. The lowest BCUT2D eigenvalue weighted by Crippen LogP contribution is -2.40. The topological polar surface area (TPSA) is 89.0 Å². The maximum absolute atomic E-state index is 12.9. The van der Waals surface area contributed by atoms with E-state index in [4.69, 9.17) is 0 Å². The molecule has 1 N–H and O–H groups in total. The summed E-state index contributed by atoms with van der Waals surface area (Å²) in [6.45, 7) is 0. The fourth-order valence-corrected chi connectivity index (χ4v) is 5.26. The van der Waals surface area contributed by atoms with E-state index in [1.165, 1.54) is 0 Å². The average Bonchev–Trinajstić information content (AvgIpc) is 2.73. The average molecular weight is 481 g/mol. The van der Waals surface area contributed by atoms with Crippen molar-refractivity contribution in [3.05, 3.63) is 53.6 Å². The molecular weight excluding hydrogens is 464 g/mol. The van der Waals surface area contributed by atoms with Gasteiger partial charge >= 0.3 is 12.4 Å². The van der Waals surface area contributed by atoms with Crippen LogP contribution in [0.3, 0.4) is 0 Å². The van der Waals surface area contributed by atoms with E-state index < -0.39 is 55.7 Å². The number of nitrogens with one attached hydrogen (secondary N) is 1. The number of sulfone groups is 1. The predicted octanol–water partition coefficient (Wildman–Crippen LogP) is 4.03. The first-order valence-electron chi connectivity index (χ1n) is 9.40. The number of alkyl halides is 6. The summed E-state index contributed by atoms with van der Waals surface area (Å²) in [5.41, 5.74) is -1.24. The monoisotopic (exact) mass is 481 g/mol. The van der Waals surface area contributed by atoms with Crippen molar-refractivity contribution in [2.45, 2.75) is 54.2 Å². The van der Waals surface area contributed by atoms with E-state index in [0.717, 1.165) is 30.6 Å². The lowest BCUT2D eigenvalue weighted by atomic mass is 9.95. The number of hydrogen-bond donors (Lipinski definition) is 1. The quantitative estimate of drug-likeness (QED) is 0.667. The number of benzene rings is 1. The molecule has 3 rings (SSSR count). The Morgan fingerprint density at radius 2 is 1.53 bits per heavy atom. The van der Waals surface area contributed by atoms with Crippen LogP contribution in [-0.2, 0) is 22.2 Å². The minimum Gasteiger partial charge on any atom is -0.349 e. The van der Waals surface area contributed by atoms with Crippen LogP contribution in [0.5, 0.6) is 0 Å². The molecule has 0 atom stereocenters. The number of amides is 1. The summed E-state index contributed by atoms with van der Waals surface area (Å²) in [5.74, 6) is -2.09. The van der Waals surface area contributed by atoms with E-state index in [9.17, 15) is 39.6 Å². The SMILES string of the molecule is O=C(NC1CCC(S(=O)(=O)c2cccc(C(F)(F)F)c2)CC1)c1cnc(C(F)(F)F)nc1. The molecule has 0 bridgehead atoms. The molecule has 1 saturated carbocycles. The van der Waals surface area contributed by atoms with E-state index in [1.54, 1.807) is 0 Å². The van der Waals surface area contributed by atoms with Gasteiger partial charge in [0.05, 0.1) is 21.3 Å². The number of carbonyl (C=O) groups excluding carboxylic acids is 1. The van der Waals surface area contributed by atoms with Crippen LogP contribution in [0.4, 0.5) is 26.3 Å². The summed E-state index contributed by atoms with van der Waals surface area (Å²) in [4.78, 5) is 18.0. The lowest BCUT2D eigenvalue weighted by Gasteiger charge is -2.29. The van der Waals surface area contributed by atoms with Gasteiger partial charge in [-0.05, 0) is 43.9 Å². The Morgan fingerprint density at radius 1 is 0.938 bits per heavy atom. The van der Waals surface area contributed by atoms with Crippen LogP contribution < -0.4 is 5.32 Å². The largest absolute Gasteiger partial charge is 0.451 e. The molecule has 0 unspecified atom stereocenters. The van der Waals surface area contributed by atoms with Crippen LogP contribution in [-0.4, -0.2) is 35.6 Å². The van der Waals surface area contributed by atoms with E-state index in [1.807, 2.05) is 0 Å². The predicted molar refractivity (Wildman–Crippen MR) is 99.2 cm³/mol. The molecule has 0 spiro atoms. The van der Waals surface area contributed by atoms with E-state index in [2.05, 4.69) is 15.3 Å². The molecule has 1 aromatic carbocycles. The third-order valence-corrected chi connectivity index (χ3v) is 7.37. The molecule has 6 nitrogen and oxygen atoms in total. The molecule has 1 aliphatic carbocycles. The maximum atomic E-state index is 12.9. The Labute approximate surface area is 179 Å². The zero-order valence-electron chi connectivity index (χ0n) is 16.2. The number of hydrogen-bond acceptors (Lipinski definition) is 5. The van der Waals surface area contributed by atoms with Crippen molar-refractivity contribution in [2.24, 2.45) is 0 Å². The van der Waals surface area contributed by atoms with Crippen molar-refractivity contribution in [2.75, 3.05) is 0 Å². The van der Waals surface area contributed by atoms with Crippen molar-refractivity contribution in [3.63, 3.8) is 0 Å². The lowest BCUT2D eigenvalue weighted by molar-refractivity contribution is -0.145. The molecule has 1 aromatic heterocycles. The van der Waals surface area contributed by atoms with Crippen LogP contribution in [0, 0.1) is 0 Å². The highest BCUT2D eigenvalue weighted by Gasteiger charge is 2.36. The number of carbonyl (C=O) groups is 1. The Kier molecular flexibility index (Phi) is 6.50. The Hall–Kier alpha value is -2.70. The Balaban J connectivity index is 1.62. The van der Waals surface area contributed by atoms with Gasteiger partial charge in [-0.25, -0.2) is 18.4 Å². The Bertz CT molecular complexity index is 1080. The van der Waals surface area contributed by atoms with E-state index in [0.29, 0.717) is 6.07 Å². The second kappa shape index (κ2) is 8.68. The first-order chi connectivity index (χ1) is 14.8. The molecule has 13 heteroatoms. The first kappa shape index (κ1) is 24.0. The summed E-state index contributed by atoms with van der Waals surface area (Å²) in [6.07, 6.45) is -7.25. The smallest absolute Gasteiger partial charge is 0.349 e. The normalized spacial score (nSPS) is 20.1. The standard InChI is InChI=1S/C19H17F6N3O3S/c20-18(21,22)12-2-1-3-15(8-12)32(30,31)14-6-4-13(5-7-14)28-16(29)11-9-26-17(27-10-11)19(23,24)25/h1-3,8-10,13-14H,4-7H2,(H,28,29). The van der Waals surface area contributed by atoms with E-state index in [-0.39, 0.29) is 31.2 Å². The zero-order chi connectivity index (χ0) is 23.7. The van der Waals surface area contributed by atoms with Crippen molar-refractivity contribution in [1.82, 2.24) is 15.3 Å². The van der Waals surface area contributed by atoms with Gasteiger partial charge in [-0.15, -0.1) is 0 Å². The van der Waals surface area contributed by atoms with Crippen LogP contribution in [0.2, 0.25) is 0 Å². The van der Waals surface area contributed by atoms with Gasteiger partial charge in [-0.2, -0.15) is 26.3 Å². The summed E-state index contributed by atoms with van der Waals surface area (Å²) < 4.78 is 102. The highest BCUT2D eigenvalue weighted by atomic mass is 32.2. The third-order valence-electron chi connectivity index (χ3n) is 5.11. The Morgan fingerprint density at radius 3 is 2.06 bits per heavy atom. The fraction of sp³-hybridized carbons (Fsp3) is 0.421. The molecule has 1 amide bonds. The second-order valence-electron chi connectivity index (χ2n) is 7.31. The summed E-state index contributed by atoms with van der Waals surface area (Å²) in [6, 6.07) is 3.10. The zero-order valence-corrected chi connectivity index (χ0v) is 17.1. The van der Waals surface area contributed by atoms with Gasteiger partial charge < -0.3 is 5.32 Å². The van der Waals surface area contributed by atoms with Crippen molar-refractivity contribution in [3.8, 4) is 0 Å². The minimum atomic E-state index is -4.74. The molecule has 1 fully saturated rings. The summed E-state index contributed by atoms with van der Waals surface area (Å²) >= 11 is 0. The minimum absolute atomic E-state index is 0.104. The molecule has 0 radical (unpaired) electrons. The fourth-order valence-electron chi connectivity index (χ4n) is 3.42. The maximum Gasteiger partial charge on any atom is 0.451 e. The highest BCUT2D eigenvalue weighted by molar-refractivity contribution is 7.92. The molecule has 0 aliphatic heterocycles. The van der Waals surface area contributed by atoms with Gasteiger partial charge in [-0.3, -0.25) is 4.79 Å². The van der Waals surface area contributed by atoms with Crippen LogP contribution in [0.1, 0.15) is 47.4 Å². The van der Waals surface area contributed by atoms with Crippen LogP contribution in [0.25, 0.3) is 0 Å². The van der Waals surface area contributed by atoms with Crippen molar-refractivity contribution < 1.29 is 39.6 Å². The van der Waals surface area contributed by atoms with E-state index >= 15 is 0 Å². The third kappa shape index (κ3) is 5.37. The van der Waals surface area contributed by atoms with Gasteiger partial charge in [0, 0.05) is 18.4 Å². The molecular formula is C19H17F6N3O3S. The number of nitrogens with zero attached hydrogens (tertiary/aromatic N) is 2. The van der Waals surface area contributed by atoms with Crippen molar-refractivity contribution >= 4 is 15.7 Å². The van der Waals surface area contributed by atoms with Gasteiger partial charge in [0.25, 0.3) is 5.91 Å².